The van der Waals surface area contributed by atoms with Crippen molar-refractivity contribution in [2.75, 3.05) is 9.80 Å². The van der Waals surface area contributed by atoms with Crippen molar-refractivity contribution in [3.63, 3.8) is 0 Å². The molecule has 0 N–H and O–H groups in total. The molecule has 0 spiro atoms. The highest BCUT2D eigenvalue weighted by molar-refractivity contribution is 6.34. The maximum absolute atomic E-state index is 2.36. The molecule has 0 fully saturated rings. The van der Waals surface area contributed by atoms with E-state index in [1.54, 1.807) is 0 Å². The van der Waals surface area contributed by atoms with Crippen molar-refractivity contribution >= 4 is 122 Å². The lowest BCUT2D eigenvalue weighted by Crippen LogP contribution is -2.10. The highest BCUT2D eigenvalue weighted by Crippen LogP contribution is 2.54. The van der Waals surface area contributed by atoms with Crippen molar-refractivity contribution in [2.45, 2.75) is 0 Å². The Morgan fingerprint density at radius 2 is 0.361 bits per heavy atom. The molecule has 508 valence electrons. The van der Waals surface area contributed by atoms with Gasteiger partial charge in [-0.3, -0.25) is 0 Å². The summed E-state index contributed by atoms with van der Waals surface area (Å²) in [7, 11) is 0. The molecule has 0 saturated heterocycles. The molecule has 2 heterocycles. The van der Waals surface area contributed by atoms with Crippen LogP contribution in [-0.4, -0.2) is 9.13 Å². The van der Waals surface area contributed by atoms with Crippen LogP contribution in [0.3, 0.4) is 0 Å². The molecule has 0 amide bonds. The summed E-state index contributed by atoms with van der Waals surface area (Å²) < 4.78 is 4.73. The summed E-state index contributed by atoms with van der Waals surface area (Å²) in [5.41, 5.74) is 26.0. The smallest absolute Gasteiger partial charge is 0.0541 e. The topological polar surface area (TPSA) is 16.3 Å². The Labute approximate surface area is 628 Å². The maximum Gasteiger partial charge on any atom is 0.0541 e. The molecule has 0 aliphatic rings. The molecule has 0 aliphatic carbocycles. The van der Waals surface area contributed by atoms with E-state index in [0.29, 0.717) is 0 Å². The number of fused-ring (bicyclic) bond motifs is 9. The lowest BCUT2D eigenvalue weighted by Gasteiger charge is -2.26. The van der Waals surface area contributed by atoms with Gasteiger partial charge >= 0.3 is 0 Å². The number of aromatic nitrogens is 2. The second kappa shape index (κ2) is 28.4. The van der Waals surface area contributed by atoms with Gasteiger partial charge in [-0.05, 0) is 209 Å². The summed E-state index contributed by atoms with van der Waals surface area (Å²) >= 11 is 0. The highest BCUT2D eigenvalue weighted by Gasteiger charge is 2.27. The molecule has 0 aliphatic heterocycles. The van der Waals surface area contributed by atoms with Crippen LogP contribution in [0.25, 0.3) is 144 Å². The zero-order valence-electron chi connectivity index (χ0n) is 59.4. The minimum atomic E-state index is 1.09. The van der Waals surface area contributed by atoms with E-state index < -0.39 is 0 Å². The summed E-state index contributed by atoms with van der Waals surface area (Å²) in [6.07, 6.45) is 4.38. The van der Waals surface area contributed by atoms with Gasteiger partial charge in [-0.2, -0.15) is 0 Å². The van der Waals surface area contributed by atoms with Crippen molar-refractivity contribution in [1.29, 1.82) is 0 Å². The van der Waals surface area contributed by atoms with Crippen molar-refractivity contribution in [3.8, 4) is 55.9 Å². The molecule has 2 aromatic heterocycles. The molecule has 0 radical (unpaired) electrons. The molecule has 20 rings (SSSR count). The molecule has 0 saturated carbocycles. The molecule has 4 nitrogen and oxygen atoms in total. The van der Waals surface area contributed by atoms with Crippen molar-refractivity contribution in [1.82, 2.24) is 9.13 Å². The predicted molar refractivity (Wildman–Crippen MR) is 461 cm³/mol. The van der Waals surface area contributed by atoms with Gasteiger partial charge in [0, 0.05) is 67.0 Å². The maximum atomic E-state index is 2.36. The van der Waals surface area contributed by atoms with Gasteiger partial charge in [0.1, 0.15) is 0 Å². The number of hydrogen-bond donors (Lipinski definition) is 0. The first-order valence-corrected chi connectivity index (χ1v) is 37.1. The highest BCUT2D eigenvalue weighted by atomic mass is 15.1. The molecule has 0 unspecified atom stereocenters. The standard InChI is InChI=1S/C62H44N4.C42H28/c1-3-15-47(16-4-1)63(51-37-41-53(42-38-51)65-59-23-11-7-19-55(59)56-20-8-12-24-60(56)65)49-33-29-45(30-34-49)27-28-46-31-35-50(36-32-46)64(48-17-5-2-6-18-48)52-39-43-54(44-40-52)66-61-25-13-9-21-57(61)58-22-10-14-26-62(58)66;1-5-17-29(18-6-1)37-33-25-13-14-26-34(33)39(31-21-9-3-10-22-31)42-40(32-23-11-4-12-24-32)36-28-16-15-27-35(36)38(41(37)42)30-19-7-2-8-20-30/h1-44H;1-28H/b28-27+;. The van der Waals surface area contributed by atoms with Gasteiger partial charge in [-0.1, -0.05) is 315 Å². The monoisotopic (exact) mass is 1380 g/mol. The lowest BCUT2D eigenvalue weighted by atomic mass is 9.77. The van der Waals surface area contributed by atoms with Crippen molar-refractivity contribution in [3.05, 3.63) is 436 Å². The number of nitrogens with zero attached hydrogens (tertiary/aromatic N) is 4. The second-order valence-corrected chi connectivity index (χ2v) is 27.4. The van der Waals surface area contributed by atoms with E-state index in [2.05, 4.69) is 456 Å². The fraction of sp³-hybridized carbons (Fsp3) is 0. The average Bonchev–Trinajstić information content (AvgIpc) is 0.974. The Kier molecular flexibility index (Phi) is 17.0. The van der Waals surface area contributed by atoms with E-state index in [4.69, 9.17) is 0 Å². The number of benzene rings is 18. The van der Waals surface area contributed by atoms with Gasteiger partial charge in [-0.25, -0.2) is 0 Å². The van der Waals surface area contributed by atoms with E-state index in [1.807, 2.05) is 0 Å². The van der Waals surface area contributed by atoms with Crippen molar-refractivity contribution < 1.29 is 0 Å². The predicted octanol–water partition coefficient (Wildman–Crippen LogP) is 28.8. The van der Waals surface area contributed by atoms with Gasteiger partial charge in [0.25, 0.3) is 0 Å². The van der Waals surface area contributed by atoms with E-state index in [1.165, 1.54) is 120 Å². The van der Waals surface area contributed by atoms with Crippen LogP contribution < -0.4 is 9.80 Å². The zero-order valence-corrected chi connectivity index (χ0v) is 59.4. The first-order valence-electron chi connectivity index (χ1n) is 37.1. The van der Waals surface area contributed by atoms with Crippen LogP contribution in [-0.2, 0) is 0 Å². The summed E-state index contributed by atoms with van der Waals surface area (Å²) in [6, 6.07) is 153. The first kappa shape index (κ1) is 64.5. The Balaban J connectivity index is 0.000000162. The Morgan fingerprint density at radius 1 is 0.167 bits per heavy atom. The molecule has 0 atom stereocenters. The minimum absolute atomic E-state index is 1.09. The fourth-order valence-corrected chi connectivity index (χ4v) is 16.4. The molecule has 20 aromatic rings. The fourth-order valence-electron chi connectivity index (χ4n) is 16.4. The van der Waals surface area contributed by atoms with E-state index >= 15 is 0 Å². The van der Waals surface area contributed by atoms with Crippen LogP contribution in [0.1, 0.15) is 11.1 Å². The third kappa shape index (κ3) is 11.8. The second-order valence-electron chi connectivity index (χ2n) is 27.4. The summed E-state index contributed by atoms with van der Waals surface area (Å²) in [4.78, 5) is 4.64. The molecule has 0 bridgehead atoms. The van der Waals surface area contributed by atoms with Crippen LogP contribution in [0, 0.1) is 0 Å². The van der Waals surface area contributed by atoms with Crippen LogP contribution in [0.2, 0.25) is 0 Å². The van der Waals surface area contributed by atoms with Gasteiger partial charge in [0.15, 0.2) is 0 Å². The quantitative estimate of drug-likeness (QED) is 0.0797. The van der Waals surface area contributed by atoms with Gasteiger partial charge in [-0.15, -0.1) is 0 Å². The van der Waals surface area contributed by atoms with Crippen LogP contribution in [0.4, 0.5) is 34.1 Å². The minimum Gasteiger partial charge on any atom is -0.311 e. The summed E-state index contributed by atoms with van der Waals surface area (Å²) in [5, 5.41) is 12.7. The summed E-state index contributed by atoms with van der Waals surface area (Å²) in [6.45, 7) is 0. The SMILES string of the molecule is C(=C\c1ccc(N(c2ccccc2)c2ccc(-n3c4ccccc4c4ccccc43)cc2)cc1)/c1ccc(N(c2ccccc2)c2ccc(-n3c4ccccc4c4ccccc43)cc2)cc1.c1ccc(-c2c3ccccc3c(-c3ccccc3)c3c(-c4ccccc4)c4ccccc4c(-c4ccccc4)c23)cc1. The number of rotatable bonds is 14. The van der Waals surface area contributed by atoms with Gasteiger partial charge in [0.05, 0.1) is 22.1 Å². The number of para-hydroxylation sites is 6. The van der Waals surface area contributed by atoms with Gasteiger partial charge < -0.3 is 18.9 Å². The average molecular weight is 1380 g/mol. The van der Waals surface area contributed by atoms with Crippen LogP contribution >= 0.6 is 0 Å². The zero-order chi connectivity index (χ0) is 71.7. The molecule has 108 heavy (non-hydrogen) atoms. The Morgan fingerprint density at radius 3 is 0.611 bits per heavy atom. The number of anilines is 6. The normalized spacial score (nSPS) is 11.5. The molecule has 4 heteroatoms. The van der Waals surface area contributed by atoms with E-state index in [9.17, 15) is 0 Å². The van der Waals surface area contributed by atoms with Crippen molar-refractivity contribution in [2.24, 2.45) is 0 Å². The molecule has 18 aromatic carbocycles. The lowest BCUT2D eigenvalue weighted by molar-refractivity contribution is 1.17. The third-order valence-electron chi connectivity index (χ3n) is 21.1. The van der Waals surface area contributed by atoms with Crippen LogP contribution in [0.5, 0.6) is 0 Å². The Hall–Kier alpha value is -14.3. The first-order chi connectivity index (χ1) is 53.6. The van der Waals surface area contributed by atoms with Gasteiger partial charge in [0.2, 0.25) is 0 Å². The largest absolute Gasteiger partial charge is 0.311 e. The molecular formula is C104H72N4. The summed E-state index contributed by atoms with van der Waals surface area (Å²) in [5.74, 6) is 0. The molecular weight excluding hydrogens is 1310 g/mol. The van der Waals surface area contributed by atoms with Crippen LogP contribution in [0.15, 0.2) is 425 Å². The Bertz CT molecular complexity index is 5980. The van der Waals surface area contributed by atoms with E-state index in [0.717, 1.165) is 56.6 Å². The number of hydrogen-bond acceptors (Lipinski definition) is 2. The third-order valence-corrected chi connectivity index (χ3v) is 21.1. The van der Waals surface area contributed by atoms with E-state index in [-0.39, 0.29) is 0 Å².